The second-order valence-corrected chi connectivity index (χ2v) is 5.57. The smallest absolute Gasteiger partial charge is 0.277 e. The van der Waals surface area contributed by atoms with Crippen molar-refractivity contribution in [3.8, 4) is 0 Å². The summed E-state index contributed by atoms with van der Waals surface area (Å²) >= 11 is 3.17. The van der Waals surface area contributed by atoms with E-state index in [2.05, 4.69) is 27.8 Å². The Hall–Kier alpha value is -1.17. The Bertz CT molecular complexity index is 406. The van der Waals surface area contributed by atoms with Crippen molar-refractivity contribution in [3.63, 3.8) is 0 Å². The van der Waals surface area contributed by atoms with Gasteiger partial charge in [-0.15, -0.1) is 0 Å². The molecule has 6 heteroatoms. The average molecular weight is 303 g/mol. The van der Waals surface area contributed by atoms with Crippen LogP contribution in [-0.2, 0) is 9.59 Å². The number of amides is 4. The first-order chi connectivity index (χ1) is 7.73. The van der Waals surface area contributed by atoms with E-state index in [9.17, 15) is 14.4 Å². The molecule has 1 heterocycles. The van der Waals surface area contributed by atoms with Gasteiger partial charge in [-0.1, -0.05) is 36.4 Å². The molecule has 94 valence electrons. The minimum Gasteiger partial charge on any atom is -0.277 e. The number of nitrogens with one attached hydrogen (secondary N) is 1. The van der Waals surface area contributed by atoms with Crippen LogP contribution in [0, 0.1) is 11.3 Å². The van der Waals surface area contributed by atoms with Crippen molar-refractivity contribution < 1.29 is 14.4 Å². The third-order valence-corrected chi connectivity index (χ3v) is 3.35. The van der Waals surface area contributed by atoms with Crippen LogP contribution in [0.15, 0.2) is 11.1 Å². The van der Waals surface area contributed by atoms with Gasteiger partial charge in [-0.25, -0.2) is 4.79 Å². The van der Waals surface area contributed by atoms with Crippen molar-refractivity contribution in [1.82, 2.24) is 10.2 Å². The Morgan fingerprint density at radius 2 is 2.00 bits per heavy atom. The maximum absolute atomic E-state index is 12.2. The molecule has 0 unspecified atom stereocenters. The summed E-state index contributed by atoms with van der Waals surface area (Å²) in [6, 6.07) is -0.684. The zero-order valence-corrected chi connectivity index (χ0v) is 11.6. The Balaban J connectivity index is 3.27. The van der Waals surface area contributed by atoms with E-state index in [-0.39, 0.29) is 12.3 Å². The summed E-state index contributed by atoms with van der Waals surface area (Å²) in [4.78, 5) is 36.5. The molecule has 0 aromatic rings. The lowest BCUT2D eigenvalue weighted by Crippen LogP contribution is -2.64. The lowest BCUT2D eigenvalue weighted by molar-refractivity contribution is -0.153. The van der Waals surface area contributed by atoms with Crippen molar-refractivity contribution >= 4 is 33.8 Å². The van der Waals surface area contributed by atoms with Gasteiger partial charge < -0.3 is 0 Å². The SMILES string of the molecule is C=C(Br)C[C@]1(C(C)C)C(=O)NC(=O)N(C)C1=O. The molecular formula is C11H15BrN2O3. The monoisotopic (exact) mass is 302 g/mol. The highest BCUT2D eigenvalue weighted by Gasteiger charge is 2.54. The number of hydrogen-bond acceptors (Lipinski definition) is 3. The van der Waals surface area contributed by atoms with Crippen LogP contribution in [0.1, 0.15) is 20.3 Å². The van der Waals surface area contributed by atoms with Gasteiger partial charge in [-0.3, -0.25) is 19.8 Å². The molecule has 17 heavy (non-hydrogen) atoms. The molecule has 1 aliphatic heterocycles. The maximum atomic E-state index is 12.2. The number of rotatable bonds is 3. The van der Waals surface area contributed by atoms with E-state index < -0.39 is 23.3 Å². The van der Waals surface area contributed by atoms with Crippen LogP contribution in [0.25, 0.3) is 0 Å². The van der Waals surface area contributed by atoms with Gasteiger partial charge in [0.15, 0.2) is 0 Å². The summed E-state index contributed by atoms with van der Waals surface area (Å²) in [5, 5.41) is 2.20. The lowest BCUT2D eigenvalue weighted by Gasteiger charge is -2.40. The van der Waals surface area contributed by atoms with Gasteiger partial charge in [0.1, 0.15) is 5.41 Å². The number of allylic oxidation sites excluding steroid dienone is 1. The first kappa shape index (κ1) is 13.9. The molecule has 0 bridgehead atoms. The molecule has 0 aromatic carbocycles. The van der Waals surface area contributed by atoms with E-state index in [0.717, 1.165) is 4.90 Å². The third-order valence-electron chi connectivity index (χ3n) is 3.07. The Kier molecular flexibility index (Phi) is 3.76. The van der Waals surface area contributed by atoms with Crippen molar-refractivity contribution in [2.75, 3.05) is 7.05 Å². The number of halogens is 1. The van der Waals surface area contributed by atoms with Gasteiger partial charge >= 0.3 is 6.03 Å². The van der Waals surface area contributed by atoms with Gasteiger partial charge in [0, 0.05) is 13.5 Å². The standard InChI is InChI=1S/C11H15BrN2O3/c1-6(2)11(5-7(3)12)8(15)13-10(17)14(4)9(11)16/h6H,3,5H2,1-2,4H3,(H,13,15,17)/t11-/m0/s1. The fourth-order valence-electron chi connectivity index (χ4n) is 1.95. The largest absolute Gasteiger partial charge is 0.330 e. The van der Waals surface area contributed by atoms with Crippen molar-refractivity contribution in [3.05, 3.63) is 11.1 Å². The fraction of sp³-hybridized carbons (Fsp3) is 0.545. The van der Waals surface area contributed by atoms with E-state index in [0.29, 0.717) is 4.48 Å². The topological polar surface area (TPSA) is 66.5 Å². The molecule has 0 radical (unpaired) electrons. The second kappa shape index (κ2) is 4.60. The molecule has 1 atom stereocenters. The molecule has 4 amide bonds. The van der Waals surface area contributed by atoms with Crippen LogP contribution in [0.2, 0.25) is 0 Å². The number of carbonyl (C=O) groups is 3. The maximum Gasteiger partial charge on any atom is 0.330 e. The number of nitrogens with zero attached hydrogens (tertiary/aromatic N) is 1. The van der Waals surface area contributed by atoms with Crippen molar-refractivity contribution in [2.45, 2.75) is 20.3 Å². The van der Waals surface area contributed by atoms with Crippen molar-refractivity contribution in [1.29, 1.82) is 0 Å². The van der Waals surface area contributed by atoms with E-state index in [1.807, 2.05) is 0 Å². The van der Waals surface area contributed by atoms with Crippen LogP contribution in [-0.4, -0.2) is 29.8 Å². The number of imide groups is 2. The van der Waals surface area contributed by atoms with Crippen LogP contribution < -0.4 is 5.32 Å². The zero-order chi connectivity index (χ0) is 13.4. The minimum atomic E-state index is -1.26. The van der Waals surface area contributed by atoms with E-state index in [1.54, 1.807) is 13.8 Å². The van der Waals surface area contributed by atoms with Crippen LogP contribution in [0.4, 0.5) is 4.79 Å². The van der Waals surface area contributed by atoms with Crippen LogP contribution in [0.3, 0.4) is 0 Å². The van der Waals surface area contributed by atoms with Gasteiger partial charge in [-0.05, 0) is 10.4 Å². The molecule has 1 saturated heterocycles. The molecule has 0 aliphatic carbocycles. The predicted octanol–water partition coefficient (Wildman–Crippen LogP) is 1.64. The average Bonchev–Trinajstić information content (AvgIpc) is 2.20. The van der Waals surface area contributed by atoms with E-state index in [4.69, 9.17) is 0 Å². The quantitative estimate of drug-likeness (QED) is 0.806. The van der Waals surface area contributed by atoms with Crippen LogP contribution in [0.5, 0.6) is 0 Å². The number of carbonyl (C=O) groups excluding carboxylic acids is 3. The van der Waals surface area contributed by atoms with E-state index in [1.165, 1.54) is 7.05 Å². The van der Waals surface area contributed by atoms with Gasteiger partial charge in [0.2, 0.25) is 11.8 Å². The molecule has 0 aromatic heterocycles. The summed E-state index contributed by atoms with van der Waals surface area (Å²) in [6.07, 6.45) is 0.174. The van der Waals surface area contributed by atoms with Gasteiger partial charge in [0.05, 0.1) is 0 Å². The lowest BCUT2D eigenvalue weighted by atomic mass is 9.71. The highest BCUT2D eigenvalue weighted by Crippen LogP contribution is 2.39. The fourth-order valence-corrected chi connectivity index (χ4v) is 2.40. The zero-order valence-electron chi connectivity index (χ0n) is 10.0. The molecule has 1 rings (SSSR count). The Labute approximate surface area is 108 Å². The molecule has 5 nitrogen and oxygen atoms in total. The number of hydrogen-bond donors (Lipinski definition) is 1. The minimum absolute atomic E-state index is 0.174. The summed E-state index contributed by atoms with van der Waals surface area (Å²) in [5.74, 6) is -1.28. The van der Waals surface area contributed by atoms with Gasteiger partial charge in [0.25, 0.3) is 0 Å². The summed E-state index contributed by atoms with van der Waals surface area (Å²) in [5.41, 5.74) is -1.26. The second-order valence-electron chi connectivity index (χ2n) is 4.44. The van der Waals surface area contributed by atoms with Gasteiger partial charge in [-0.2, -0.15) is 0 Å². The summed E-state index contributed by atoms with van der Waals surface area (Å²) in [7, 11) is 1.36. The Morgan fingerprint density at radius 3 is 2.41 bits per heavy atom. The summed E-state index contributed by atoms with van der Waals surface area (Å²) < 4.78 is 0.553. The van der Waals surface area contributed by atoms with Crippen LogP contribution >= 0.6 is 15.9 Å². The number of urea groups is 1. The molecule has 1 N–H and O–H groups in total. The molecular weight excluding hydrogens is 288 g/mol. The summed E-state index contributed by atoms with van der Waals surface area (Å²) in [6.45, 7) is 7.22. The molecule has 1 fully saturated rings. The molecule has 1 aliphatic rings. The number of barbiturate groups is 1. The highest BCUT2D eigenvalue weighted by atomic mass is 79.9. The first-order valence-corrected chi connectivity index (χ1v) is 5.99. The molecule has 0 saturated carbocycles. The highest BCUT2D eigenvalue weighted by molar-refractivity contribution is 9.11. The predicted molar refractivity (Wildman–Crippen MR) is 66.3 cm³/mol. The normalized spacial score (nSPS) is 25.2. The molecule has 0 spiro atoms. The van der Waals surface area contributed by atoms with E-state index >= 15 is 0 Å². The third kappa shape index (κ3) is 2.13. The van der Waals surface area contributed by atoms with Crippen molar-refractivity contribution in [2.24, 2.45) is 11.3 Å². The Morgan fingerprint density at radius 1 is 1.47 bits per heavy atom. The first-order valence-electron chi connectivity index (χ1n) is 5.20.